The molecule has 3 heterocycles. The molecule has 0 N–H and O–H groups in total. The van der Waals surface area contributed by atoms with E-state index in [-0.39, 0.29) is 5.60 Å². The number of aromatic nitrogens is 3. The van der Waals surface area contributed by atoms with Gasteiger partial charge in [-0.15, -0.1) is 11.3 Å². The minimum atomic E-state index is -0.0442. The molecule has 0 saturated carbocycles. The first-order chi connectivity index (χ1) is 9.53. The molecule has 0 unspecified atom stereocenters. The van der Waals surface area contributed by atoms with Crippen LogP contribution in [0.3, 0.4) is 0 Å². The fourth-order valence-electron chi connectivity index (χ4n) is 2.89. The Morgan fingerprint density at radius 2 is 2.35 bits per heavy atom. The molecule has 108 valence electrons. The first-order valence-electron chi connectivity index (χ1n) is 7.09. The van der Waals surface area contributed by atoms with Crippen molar-refractivity contribution in [1.82, 2.24) is 14.5 Å². The highest BCUT2D eigenvalue weighted by Gasteiger charge is 2.31. The number of hydrogen-bond donors (Lipinski definition) is 0. The van der Waals surface area contributed by atoms with Crippen molar-refractivity contribution in [2.24, 2.45) is 0 Å². The molecular formula is C15H21N3OS. The van der Waals surface area contributed by atoms with Gasteiger partial charge < -0.3 is 9.30 Å². The molecule has 5 heteroatoms. The van der Waals surface area contributed by atoms with Crippen LogP contribution in [-0.4, -0.2) is 26.7 Å². The molecule has 0 amide bonds. The summed E-state index contributed by atoms with van der Waals surface area (Å²) >= 11 is 1.72. The molecule has 3 rings (SSSR count). The van der Waals surface area contributed by atoms with Crippen molar-refractivity contribution in [3.05, 3.63) is 34.3 Å². The van der Waals surface area contributed by atoms with E-state index in [4.69, 9.17) is 4.74 Å². The predicted molar refractivity (Wildman–Crippen MR) is 80.2 cm³/mol. The van der Waals surface area contributed by atoms with Crippen molar-refractivity contribution in [3.8, 4) is 0 Å². The lowest BCUT2D eigenvalue weighted by Gasteiger charge is -2.35. The molecule has 20 heavy (non-hydrogen) atoms. The normalized spacial score (nSPS) is 22.1. The Bertz CT molecular complexity index is 587. The lowest BCUT2D eigenvalue weighted by Crippen LogP contribution is -2.34. The summed E-state index contributed by atoms with van der Waals surface area (Å²) < 4.78 is 8.05. The molecule has 1 aliphatic heterocycles. The van der Waals surface area contributed by atoms with Gasteiger partial charge in [0, 0.05) is 36.0 Å². The molecule has 0 aromatic carbocycles. The van der Waals surface area contributed by atoms with Gasteiger partial charge in [0.25, 0.3) is 0 Å². The van der Waals surface area contributed by atoms with Gasteiger partial charge in [-0.2, -0.15) is 0 Å². The van der Waals surface area contributed by atoms with Crippen LogP contribution in [0.2, 0.25) is 0 Å². The Morgan fingerprint density at radius 1 is 1.50 bits per heavy atom. The minimum absolute atomic E-state index is 0.0442. The van der Waals surface area contributed by atoms with E-state index >= 15 is 0 Å². The van der Waals surface area contributed by atoms with Gasteiger partial charge in [-0.25, -0.2) is 9.97 Å². The van der Waals surface area contributed by atoms with Gasteiger partial charge in [-0.1, -0.05) is 0 Å². The summed E-state index contributed by atoms with van der Waals surface area (Å²) in [5, 5.41) is 3.25. The maximum atomic E-state index is 5.81. The SMILES string of the molecule is Cc1csc(Cn2ccnc2[C@@H]2CCOC(C)(C)C2)n1. The third-order valence-electron chi connectivity index (χ3n) is 3.78. The van der Waals surface area contributed by atoms with E-state index in [1.54, 1.807) is 11.3 Å². The summed E-state index contributed by atoms with van der Waals surface area (Å²) in [6.45, 7) is 8.01. The van der Waals surface area contributed by atoms with Crippen LogP contribution in [-0.2, 0) is 11.3 Å². The number of rotatable bonds is 3. The molecule has 1 aliphatic rings. The second-order valence-corrected chi connectivity index (χ2v) is 7.04. The van der Waals surface area contributed by atoms with Crippen molar-refractivity contribution < 1.29 is 4.74 Å². The third-order valence-corrected chi connectivity index (χ3v) is 4.73. The van der Waals surface area contributed by atoms with Crippen LogP contribution in [0.15, 0.2) is 17.8 Å². The van der Waals surface area contributed by atoms with E-state index in [0.29, 0.717) is 5.92 Å². The Hall–Kier alpha value is -1.20. The Morgan fingerprint density at radius 3 is 3.05 bits per heavy atom. The number of nitrogens with zero attached hydrogens (tertiary/aromatic N) is 3. The van der Waals surface area contributed by atoms with Crippen molar-refractivity contribution in [1.29, 1.82) is 0 Å². The highest BCUT2D eigenvalue weighted by Crippen LogP contribution is 2.35. The first kappa shape index (κ1) is 13.8. The van der Waals surface area contributed by atoms with Gasteiger partial charge in [0.2, 0.25) is 0 Å². The van der Waals surface area contributed by atoms with Crippen molar-refractivity contribution in [3.63, 3.8) is 0 Å². The average molecular weight is 291 g/mol. The Kier molecular flexibility index (Phi) is 3.65. The van der Waals surface area contributed by atoms with Crippen molar-refractivity contribution in [2.45, 2.75) is 51.7 Å². The van der Waals surface area contributed by atoms with E-state index in [1.165, 1.54) is 5.82 Å². The maximum Gasteiger partial charge on any atom is 0.113 e. The van der Waals surface area contributed by atoms with Crippen molar-refractivity contribution in [2.75, 3.05) is 6.61 Å². The zero-order chi connectivity index (χ0) is 14.2. The summed E-state index contributed by atoms with van der Waals surface area (Å²) in [5.41, 5.74) is 1.05. The van der Waals surface area contributed by atoms with Gasteiger partial charge >= 0.3 is 0 Å². The van der Waals surface area contributed by atoms with E-state index in [1.807, 2.05) is 13.1 Å². The molecule has 1 saturated heterocycles. The van der Waals surface area contributed by atoms with Crippen LogP contribution in [0.1, 0.15) is 49.1 Å². The van der Waals surface area contributed by atoms with Crippen LogP contribution in [0.4, 0.5) is 0 Å². The van der Waals surface area contributed by atoms with Gasteiger partial charge in [0.05, 0.1) is 12.1 Å². The van der Waals surface area contributed by atoms with E-state index in [9.17, 15) is 0 Å². The molecule has 2 aromatic heterocycles. The molecule has 0 radical (unpaired) electrons. The molecule has 2 aromatic rings. The number of imidazole rings is 1. The highest BCUT2D eigenvalue weighted by molar-refractivity contribution is 7.09. The van der Waals surface area contributed by atoms with Crippen molar-refractivity contribution >= 4 is 11.3 Å². The number of aryl methyl sites for hydroxylation is 1. The molecule has 1 fully saturated rings. The smallest absolute Gasteiger partial charge is 0.113 e. The highest BCUT2D eigenvalue weighted by atomic mass is 32.1. The van der Waals surface area contributed by atoms with E-state index in [2.05, 4.69) is 40.0 Å². The molecule has 0 aliphatic carbocycles. The zero-order valence-corrected chi connectivity index (χ0v) is 13.1. The summed E-state index contributed by atoms with van der Waals surface area (Å²) in [4.78, 5) is 9.14. The zero-order valence-electron chi connectivity index (χ0n) is 12.3. The number of ether oxygens (including phenoxy) is 1. The fourth-order valence-corrected chi connectivity index (χ4v) is 3.66. The molecule has 4 nitrogen and oxygen atoms in total. The summed E-state index contributed by atoms with van der Waals surface area (Å²) in [7, 11) is 0. The lowest BCUT2D eigenvalue weighted by atomic mass is 9.88. The number of hydrogen-bond acceptors (Lipinski definition) is 4. The molecule has 1 atom stereocenters. The average Bonchev–Trinajstić information content (AvgIpc) is 2.98. The van der Waals surface area contributed by atoms with Crippen LogP contribution in [0.5, 0.6) is 0 Å². The minimum Gasteiger partial charge on any atom is -0.376 e. The summed E-state index contributed by atoms with van der Waals surface area (Å²) in [6, 6.07) is 0. The standard InChI is InChI=1S/C15H21N3OS/c1-11-10-20-13(17-11)9-18-6-5-16-14(18)12-4-7-19-15(2,3)8-12/h5-6,10,12H,4,7-9H2,1-3H3/t12-/m1/s1. The quantitative estimate of drug-likeness (QED) is 0.870. The second kappa shape index (κ2) is 5.30. The van der Waals surface area contributed by atoms with Gasteiger partial charge in [-0.3, -0.25) is 0 Å². The summed E-state index contributed by atoms with van der Waals surface area (Å²) in [6.07, 6.45) is 6.05. The van der Waals surface area contributed by atoms with Crippen LogP contribution < -0.4 is 0 Å². The van der Waals surface area contributed by atoms with E-state index < -0.39 is 0 Å². The van der Waals surface area contributed by atoms with E-state index in [0.717, 1.165) is 36.7 Å². The summed E-state index contributed by atoms with van der Waals surface area (Å²) in [5.74, 6) is 1.66. The fraction of sp³-hybridized carbons (Fsp3) is 0.600. The Balaban J connectivity index is 1.79. The molecular weight excluding hydrogens is 270 g/mol. The number of thiazole rings is 1. The third kappa shape index (κ3) is 2.94. The molecule has 0 spiro atoms. The first-order valence-corrected chi connectivity index (χ1v) is 7.97. The topological polar surface area (TPSA) is 39.9 Å². The largest absolute Gasteiger partial charge is 0.376 e. The van der Waals surface area contributed by atoms with Gasteiger partial charge in [-0.05, 0) is 33.6 Å². The van der Waals surface area contributed by atoms with Crippen LogP contribution in [0, 0.1) is 6.92 Å². The second-order valence-electron chi connectivity index (χ2n) is 6.09. The van der Waals surface area contributed by atoms with Gasteiger partial charge in [0.1, 0.15) is 10.8 Å². The maximum absolute atomic E-state index is 5.81. The predicted octanol–water partition coefficient (Wildman–Crippen LogP) is 3.37. The lowest BCUT2D eigenvalue weighted by molar-refractivity contribution is -0.0606. The van der Waals surface area contributed by atoms with Gasteiger partial charge in [0.15, 0.2) is 0 Å². The van der Waals surface area contributed by atoms with Crippen LogP contribution in [0.25, 0.3) is 0 Å². The molecule has 0 bridgehead atoms. The Labute approximate surface area is 123 Å². The monoisotopic (exact) mass is 291 g/mol. The van der Waals surface area contributed by atoms with Crippen LogP contribution >= 0.6 is 11.3 Å².